The zero-order valence-corrected chi connectivity index (χ0v) is 10.8. The Labute approximate surface area is 110 Å². The smallest absolute Gasteiger partial charge is 0.272 e. The van der Waals surface area contributed by atoms with E-state index in [1.54, 1.807) is 23.9 Å². The predicted octanol–water partition coefficient (Wildman–Crippen LogP) is 2.71. The maximum absolute atomic E-state index is 13.3. The second-order valence-corrected chi connectivity index (χ2v) is 4.50. The van der Waals surface area contributed by atoms with Crippen molar-refractivity contribution in [2.45, 2.75) is 0 Å². The van der Waals surface area contributed by atoms with Crippen LogP contribution in [0.2, 0.25) is 0 Å². The van der Waals surface area contributed by atoms with Crippen LogP contribution in [-0.4, -0.2) is 15.5 Å². The summed E-state index contributed by atoms with van der Waals surface area (Å²) in [6, 6.07) is 3.68. The lowest BCUT2D eigenvalue weighted by Gasteiger charge is -2.06. The molecular weight excluding hydrogens is 308 g/mol. The number of carbonyl (C=O) groups excluding carboxylic acids is 1. The van der Waals surface area contributed by atoms with Gasteiger partial charge in [-0.15, -0.1) is 0 Å². The zero-order valence-electron chi connectivity index (χ0n) is 9.25. The Hall–Kier alpha value is -1.76. The van der Waals surface area contributed by atoms with Gasteiger partial charge >= 0.3 is 0 Å². The summed E-state index contributed by atoms with van der Waals surface area (Å²) >= 11 is 3.22. The van der Waals surface area contributed by atoms with Crippen LogP contribution in [0.3, 0.4) is 0 Å². The highest BCUT2D eigenvalue weighted by Gasteiger charge is 2.14. The summed E-state index contributed by atoms with van der Waals surface area (Å²) in [6.07, 6.45) is 1.69. The standard InChI is InChI=1S/C11H8BrF2N3O/c1-17-5-6(12)4-8(17)11(18)15-7-2-3-9(13)16-10(7)14/h2-5H,1H3,(H,15,18). The number of aryl methyl sites for hydroxylation is 1. The van der Waals surface area contributed by atoms with E-state index in [-0.39, 0.29) is 5.69 Å². The van der Waals surface area contributed by atoms with Crippen LogP contribution >= 0.6 is 15.9 Å². The Balaban J connectivity index is 2.24. The van der Waals surface area contributed by atoms with Gasteiger partial charge in [0.15, 0.2) is 0 Å². The largest absolute Gasteiger partial charge is 0.345 e. The predicted molar refractivity (Wildman–Crippen MR) is 65.2 cm³/mol. The Morgan fingerprint density at radius 3 is 2.72 bits per heavy atom. The normalized spacial score (nSPS) is 10.4. The van der Waals surface area contributed by atoms with Crippen LogP contribution in [0.1, 0.15) is 10.5 Å². The van der Waals surface area contributed by atoms with E-state index in [4.69, 9.17) is 0 Å². The van der Waals surface area contributed by atoms with E-state index in [0.29, 0.717) is 5.69 Å². The van der Waals surface area contributed by atoms with Gasteiger partial charge in [-0.1, -0.05) is 0 Å². The molecule has 7 heteroatoms. The minimum atomic E-state index is -1.06. The molecule has 0 atom stereocenters. The lowest BCUT2D eigenvalue weighted by Crippen LogP contribution is -2.16. The van der Waals surface area contributed by atoms with Crippen molar-refractivity contribution < 1.29 is 13.6 Å². The van der Waals surface area contributed by atoms with Gasteiger partial charge in [0.1, 0.15) is 5.69 Å². The highest BCUT2D eigenvalue weighted by molar-refractivity contribution is 9.10. The lowest BCUT2D eigenvalue weighted by atomic mass is 10.3. The van der Waals surface area contributed by atoms with Gasteiger partial charge in [-0.05, 0) is 34.1 Å². The molecule has 2 heterocycles. The van der Waals surface area contributed by atoms with Gasteiger partial charge in [0.05, 0.1) is 5.69 Å². The van der Waals surface area contributed by atoms with E-state index in [0.717, 1.165) is 16.6 Å². The number of nitrogens with zero attached hydrogens (tertiary/aromatic N) is 2. The molecule has 1 N–H and O–H groups in total. The van der Waals surface area contributed by atoms with Crippen LogP contribution in [0.15, 0.2) is 28.9 Å². The molecular formula is C11H8BrF2N3O. The summed E-state index contributed by atoms with van der Waals surface area (Å²) in [6.45, 7) is 0. The molecule has 0 aliphatic heterocycles. The van der Waals surface area contributed by atoms with Crippen LogP contribution in [0, 0.1) is 11.9 Å². The first-order valence-electron chi connectivity index (χ1n) is 4.92. The van der Waals surface area contributed by atoms with Gasteiger partial charge in [0.2, 0.25) is 11.9 Å². The molecule has 0 unspecified atom stereocenters. The van der Waals surface area contributed by atoms with Crippen molar-refractivity contribution in [2.75, 3.05) is 5.32 Å². The summed E-state index contributed by atoms with van der Waals surface area (Å²) < 4.78 is 28.2. The quantitative estimate of drug-likeness (QED) is 0.866. The van der Waals surface area contributed by atoms with Gasteiger partial charge in [-0.2, -0.15) is 13.8 Å². The average molecular weight is 316 g/mol. The highest BCUT2D eigenvalue weighted by Crippen LogP contribution is 2.17. The molecule has 0 aliphatic carbocycles. The van der Waals surface area contributed by atoms with E-state index < -0.39 is 17.8 Å². The lowest BCUT2D eigenvalue weighted by molar-refractivity contribution is 0.101. The third-order valence-corrected chi connectivity index (χ3v) is 2.70. The Morgan fingerprint density at radius 2 is 2.17 bits per heavy atom. The fourth-order valence-electron chi connectivity index (χ4n) is 1.44. The van der Waals surface area contributed by atoms with Gasteiger partial charge in [0, 0.05) is 17.7 Å². The van der Waals surface area contributed by atoms with Crippen molar-refractivity contribution in [3.05, 3.63) is 46.5 Å². The van der Waals surface area contributed by atoms with E-state index in [1.807, 2.05) is 0 Å². The number of halogens is 3. The minimum Gasteiger partial charge on any atom is -0.345 e. The van der Waals surface area contributed by atoms with Crippen LogP contribution < -0.4 is 5.32 Å². The molecule has 94 valence electrons. The van der Waals surface area contributed by atoms with Gasteiger partial charge < -0.3 is 9.88 Å². The molecule has 0 saturated carbocycles. The molecule has 0 fully saturated rings. The molecule has 2 rings (SSSR count). The van der Waals surface area contributed by atoms with Crippen molar-refractivity contribution in [2.24, 2.45) is 7.05 Å². The summed E-state index contributed by atoms with van der Waals surface area (Å²) in [5, 5.41) is 2.32. The first-order valence-corrected chi connectivity index (χ1v) is 5.72. The Bertz CT molecular complexity index is 612. The molecule has 0 spiro atoms. The Morgan fingerprint density at radius 1 is 1.44 bits per heavy atom. The number of carbonyl (C=O) groups is 1. The molecule has 1 amide bonds. The number of aromatic nitrogens is 2. The molecule has 2 aromatic heterocycles. The number of pyridine rings is 1. The summed E-state index contributed by atoms with van der Waals surface area (Å²) in [7, 11) is 1.68. The monoisotopic (exact) mass is 315 g/mol. The Kier molecular flexibility index (Phi) is 3.42. The van der Waals surface area contributed by atoms with Gasteiger partial charge in [0.25, 0.3) is 5.91 Å². The summed E-state index contributed by atoms with van der Waals surface area (Å²) in [4.78, 5) is 14.8. The van der Waals surface area contributed by atoms with E-state index in [2.05, 4.69) is 26.2 Å². The second-order valence-electron chi connectivity index (χ2n) is 3.58. The molecule has 4 nitrogen and oxygen atoms in total. The SMILES string of the molecule is Cn1cc(Br)cc1C(=O)Nc1ccc(F)nc1F. The molecule has 0 bridgehead atoms. The van der Waals surface area contributed by atoms with Crippen LogP contribution in [0.25, 0.3) is 0 Å². The fraction of sp³-hybridized carbons (Fsp3) is 0.0909. The fourth-order valence-corrected chi connectivity index (χ4v) is 1.97. The average Bonchev–Trinajstić information content (AvgIpc) is 2.62. The molecule has 0 saturated heterocycles. The number of anilines is 1. The second kappa shape index (κ2) is 4.85. The first kappa shape index (κ1) is 12.7. The van der Waals surface area contributed by atoms with E-state index >= 15 is 0 Å². The number of hydrogen-bond donors (Lipinski definition) is 1. The minimum absolute atomic E-state index is 0.168. The van der Waals surface area contributed by atoms with Crippen LogP contribution in [-0.2, 0) is 7.05 Å². The van der Waals surface area contributed by atoms with Gasteiger partial charge in [-0.3, -0.25) is 4.79 Å². The number of amides is 1. The third kappa shape index (κ3) is 2.56. The van der Waals surface area contributed by atoms with Crippen molar-refractivity contribution in [3.63, 3.8) is 0 Å². The number of rotatable bonds is 2. The van der Waals surface area contributed by atoms with Crippen molar-refractivity contribution >= 4 is 27.5 Å². The molecule has 2 aromatic rings. The number of nitrogens with one attached hydrogen (secondary N) is 1. The van der Waals surface area contributed by atoms with Gasteiger partial charge in [-0.25, -0.2) is 0 Å². The maximum atomic E-state index is 13.3. The van der Waals surface area contributed by atoms with Crippen molar-refractivity contribution in [3.8, 4) is 0 Å². The molecule has 18 heavy (non-hydrogen) atoms. The molecule has 0 aromatic carbocycles. The van der Waals surface area contributed by atoms with Crippen LogP contribution in [0.4, 0.5) is 14.5 Å². The van der Waals surface area contributed by atoms with E-state index in [9.17, 15) is 13.6 Å². The van der Waals surface area contributed by atoms with Crippen molar-refractivity contribution in [1.29, 1.82) is 0 Å². The first-order chi connectivity index (χ1) is 8.47. The zero-order chi connectivity index (χ0) is 13.3. The topological polar surface area (TPSA) is 46.9 Å². The molecule has 0 aliphatic rings. The number of hydrogen-bond acceptors (Lipinski definition) is 2. The summed E-state index contributed by atoms with van der Waals surface area (Å²) in [5.74, 6) is -2.50. The van der Waals surface area contributed by atoms with E-state index in [1.165, 1.54) is 0 Å². The third-order valence-electron chi connectivity index (χ3n) is 2.27. The summed E-state index contributed by atoms with van der Waals surface area (Å²) in [5.41, 5.74) is 0.171. The maximum Gasteiger partial charge on any atom is 0.272 e. The highest BCUT2D eigenvalue weighted by atomic mass is 79.9. The molecule has 0 radical (unpaired) electrons. The van der Waals surface area contributed by atoms with Crippen LogP contribution in [0.5, 0.6) is 0 Å². The van der Waals surface area contributed by atoms with Crippen molar-refractivity contribution in [1.82, 2.24) is 9.55 Å².